The first-order valence-electron chi connectivity index (χ1n) is 5.68. The minimum atomic E-state index is -2.61. The molecule has 1 aromatic carbocycles. The van der Waals surface area contributed by atoms with Crippen LogP contribution in [0, 0.1) is 0 Å². The van der Waals surface area contributed by atoms with Crippen molar-refractivity contribution in [2.75, 3.05) is 0 Å². The predicted octanol–water partition coefficient (Wildman–Crippen LogP) is 5.12. The van der Waals surface area contributed by atoms with Gasteiger partial charge in [0, 0.05) is 5.39 Å². The zero-order valence-corrected chi connectivity index (χ0v) is 11.2. The van der Waals surface area contributed by atoms with E-state index < -0.39 is 6.43 Å². The maximum Gasteiger partial charge on any atom is 0.280 e. The van der Waals surface area contributed by atoms with E-state index in [9.17, 15) is 8.78 Å². The van der Waals surface area contributed by atoms with Gasteiger partial charge < -0.3 is 0 Å². The van der Waals surface area contributed by atoms with Gasteiger partial charge in [-0.05, 0) is 17.0 Å². The van der Waals surface area contributed by atoms with Crippen LogP contribution in [0.15, 0.2) is 24.3 Å². The Hall–Kier alpha value is -1.22. The molecule has 18 heavy (non-hydrogen) atoms. The van der Waals surface area contributed by atoms with Crippen LogP contribution in [-0.2, 0) is 5.41 Å². The summed E-state index contributed by atoms with van der Waals surface area (Å²) >= 11 is 6.05. The maximum atomic E-state index is 12.8. The minimum absolute atomic E-state index is 0.170. The Balaban J connectivity index is 2.82. The first kappa shape index (κ1) is 13.2. The van der Waals surface area contributed by atoms with Gasteiger partial charge >= 0.3 is 0 Å². The molecule has 0 aliphatic carbocycles. The van der Waals surface area contributed by atoms with E-state index in [1.54, 1.807) is 6.07 Å². The zero-order valence-electron chi connectivity index (χ0n) is 10.5. The molecule has 0 bridgehead atoms. The van der Waals surface area contributed by atoms with Gasteiger partial charge in [-0.1, -0.05) is 50.6 Å². The van der Waals surface area contributed by atoms with Crippen LogP contribution in [0.4, 0.5) is 8.78 Å². The molecule has 0 saturated carbocycles. The average molecular weight is 270 g/mol. The van der Waals surface area contributed by atoms with Crippen LogP contribution in [0.3, 0.4) is 0 Å². The molecule has 0 radical (unpaired) electrons. The lowest BCUT2D eigenvalue weighted by Crippen LogP contribution is -2.12. The van der Waals surface area contributed by atoms with Gasteiger partial charge in [0.25, 0.3) is 6.43 Å². The Morgan fingerprint density at radius 2 is 1.89 bits per heavy atom. The molecule has 1 aromatic heterocycles. The second-order valence-corrected chi connectivity index (χ2v) is 5.69. The molecule has 0 saturated heterocycles. The monoisotopic (exact) mass is 269 g/mol. The Morgan fingerprint density at radius 1 is 1.22 bits per heavy atom. The van der Waals surface area contributed by atoms with Crippen molar-refractivity contribution in [3.63, 3.8) is 0 Å². The average Bonchev–Trinajstić information content (AvgIpc) is 2.26. The fourth-order valence-corrected chi connectivity index (χ4v) is 2.21. The van der Waals surface area contributed by atoms with Crippen molar-refractivity contribution in [3.05, 3.63) is 40.5 Å². The SMILES string of the molecule is CC(C)(C)c1cccc2c(Cl)cc(C(F)F)nc12. The molecule has 0 atom stereocenters. The van der Waals surface area contributed by atoms with Crippen molar-refractivity contribution in [3.8, 4) is 0 Å². The number of rotatable bonds is 1. The standard InChI is InChI=1S/C14H14ClF2N/c1-14(2,3)9-6-4-5-8-10(15)7-11(13(16)17)18-12(8)9/h4-7,13H,1-3H3. The van der Waals surface area contributed by atoms with Crippen LogP contribution in [0.2, 0.25) is 5.02 Å². The van der Waals surface area contributed by atoms with E-state index in [1.165, 1.54) is 6.07 Å². The van der Waals surface area contributed by atoms with Crippen LogP contribution in [0.25, 0.3) is 10.9 Å². The van der Waals surface area contributed by atoms with Gasteiger partial charge in [-0.15, -0.1) is 0 Å². The maximum absolute atomic E-state index is 12.8. The molecule has 0 aliphatic heterocycles. The number of pyridine rings is 1. The third kappa shape index (κ3) is 2.32. The number of aromatic nitrogens is 1. The fourth-order valence-electron chi connectivity index (χ4n) is 1.94. The van der Waals surface area contributed by atoms with Gasteiger partial charge in [0.1, 0.15) is 5.69 Å². The van der Waals surface area contributed by atoms with E-state index in [-0.39, 0.29) is 11.1 Å². The summed E-state index contributed by atoms with van der Waals surface area (Å²) in [6.07, 6.45) is -2.61. The smallest absolute Gasteiger partial charge is 0.246 e. The second kappa shape index (κ2) is 4.47. The van der Waals surface area contributed by atoms with Gasteiger partial charge in [-0.25, -0.2) is 13.8 Å². The van der Waals surface area contributed by atoms with Crippen molar-refractivity contribution < 1.29 is 8.78 Å². The largest absolute Gasteiger partial charge is 0.280 e. The van der Waals surface area contributed by atoms with E-state index in [0.717, 1.165) is 5.56 Å². The van der Waals surface area contributed by atoms with Crippen LogP contribution in [0.1, 0.15) is 38.5 Å². The molecule has 0 spiro atoms. The van der Waals surface area contributed by atoms with Crippen molar-refractivity contribution in [1.29, 1.82) is 0 Å². The highest BCUT2D eigenvalue weighted by Gasteiger charge is 2.20. The minimum Gasteiger partial charge on any atom is -0.246 e. The first-order valence-corrected chi connectivity index (χ1v) is 6.06. The summed E-state index contributed by atoms with van der Waals surface area (Å²) in [4.78, 5) is 4.07. The predicted molar refractivity (Wildman–Crippen MR) is 70.4 cm³/mol. The normalized spacial score (nSPS) is 12.4. The molecule has 0 N–H and O–H groups in total. The molecule has 1 heterocycles. The summed E-state index contributed by atoms with van der Waals surface area (Å²) in [5.74, 6) is 0. The Bertz CT molecular complexity index is 588. The molecular formula is C14H14ClF2N. The molecule has 4 heteroatoms. The molecular weight excluding hydrogens is 256 g/mol. The summed E-state index contributed by atoms with van der Waals surface area (Å²) in [6.45, 7) is 6.06. The summed E-state index contributed by atoms with van der Waals surface area (Å²) in [6, 6.07) is 6.82. The quantitative estimate of drug-likeness (QED) is 0.700. The van der Waals surface area contributed by atoms with Crippen LogP contribution >= 0.6 is 11.6 Å². The summed E-state index contributed by atoms with van der Waals surface area (Å²) in [7, 11) is 0. The third-order valence-corrected chi connectivity index (χ3v) is 3.15. The number of hydrogen-bond acceptors (Lipinski definition) is 1. The fraction of sp³-hybridized carbons (Fsp3) is 0.357. The van der Waals surface area contributed by atoms with Gasteiger partial charge in [0.2, 0.25) is 0 Å². The Labute approximate surface area is 110 Å². The van der Waals surface area contributed by atoms with Gasteiger partial charge in [0.15, 0.2) is 0 Å². The molecule has 96 valence electrons. The highest BCUT2D eigenvalue weighted by atomic mass is 35.5. The summed E-state index contributed by atoms with van der Waals surface area (Å²) in [5, 5.41) is 1.04. The number of benzene rings is 1. The molecule has 0 amide bonds. The van der Waals surface area contributed by atoms with Crippen molar-refractivity contribution >= 4 is 22.5 Å². The van der Waals surface area contributed by atoms with Crippen molar-refractivity contribution in [1.82, 2.24) is 4.98 Å². The Kier molecular flexibility index (Phi) is 3.28. The van der Waals surface area contributed by atoms with E-state index in [1.807, 2.05) is 32.9 Å². The molecule has 1 nitrogen and oxygen atoms in total. The number of nitrogens with zero attached hydrogens (tertiary/aromatic N) is 1. The molecule has 2 rings (SSSR count). The third-order valence-electron chi connectivity index (χ3n) is 2.84. The zero-order chi connectivity index (χ0) is 13.5. The van der Waals surface area contributed by atoms with Gasteiger partial charge in [0.05, 0.1) is 10.5 Å². The van der Waals surface area contributed by atoms with E-state index in [0.29, 0.717) is 15.9 Å². The highest BCUT2D eigenvalue weighted by molar-refractivity contribution is 6.35. The van der Waals surface area contributed by atoms with Gasteiger partial charge in [-0.2, -0.15) is 0 Å². The number of alkyl halides is 2. The van der Waals surface area contributed by atoms with E-state index in [4.69, 9.17) is 11.6 Å². The summed E-state index contributed by atoms with van der Waals surface area (Å²) in [5.41, 5.74) is 1.04. The number of halogens is 3. The lowest BCUT2D eigenvalue weighted by molar-refractivity contribution is 0.146. The number of fused-ring (bicyclic) bond motifs is 1. The van der Waals surface area contributed by atoms with Crippen LogP contribution < -0.4 is 0 Å². The molecule has 0 aliphatic rings. The number of para-hydroxylation sites is 1. The lowest BCUT2D eigenvalue weighted by atomic mass is 9.85. The topological polar surface area (TPSA) is 12.9 Å². The molecule has 2 aromatic rings. The van der Waals surface area contributed by atoms with Gasteiger partial charge in [-0.3, -0.25) is 0 Å². The Morgan fingerprint density at radius 3 is 2.44 bits per heavy atom. The lowest BCUT2D eigenvalue weighted by Gasteiger charge is -2.21. The summed E-state index contributed by atoms with van der Waals surface area (Å²) < 4.78 is 25.6. The van der Waals surface area contributed by atoms with Crippen LogP contribution in [-0.4, -0.2) is 4.98 Å². The molecule has 0 fully saturated rings. The van der Waals surface area contributed by atoms with E-state index in [2.05, 4.69) is 4.98 Å². The first-order chi connectivity index (χ1) is 8.30. The van der Waals surface area contributed by atoms with Crippen LogP contribution in [0.5, 0.6) is 0 Å². The van der Waals surface area contributed by atoms with E-state index >= 15 is 0 Å². The number of hydrogen-bond donors (Lipinski definition) is 0. The highest BCUT2D eigenvalue weighted by Crippen LogP contribution is 2.34. The van der Waals surface area contributed by atoms with Crippen molar-refractivity contribution in [2.45, 2.75) is 32.6 Å². The molecule has 0 unspecified atom stereocenters. The van der Waals surface area contributed by atoms with Crippen molar-refractivity contribution in [2.24, 2.45) is 0 Å². The second-order valence-electron chi connectivity index (χ2n) is 5.28.